The van der Waals surface area contributed by atoms with Crippen LogP contribution in [0.3, 0.4) is 0 Å². The molecule has 2 saturated heterocycles. The Hall–Kier alpha value is -1.92. The van der Waals surface area contributed by atoms with Crippen molar-refractivity contribution in [2.75, 3.05) is 26.2 Å². The van der Waals surface area contributed by atoms with Gasteiger partial charge in [0.1, 0.15) is 5.65 Å². The molecule has 2 fully saturated rings. The van der Waals surface area contributed by atoms with E-state index in [-0.39, 0.29) is 12.0 Å². The highest BCUT2D eigenvalue weighted by Crippen LogP contribution is 2.21. The topological polar surface area (TPSA) is 61.1 Å². The number of hydrogen-bond acceptors (Lipinski definition) is 4. The Balaban J connectivity index is 1.68. The smallest absolute Gasteiger partial charge is 0.274 e. The van der Waals surface area contributed by atoms with Crippen molar-refractivity contribution in [3.63, 3.8) is 0 Å². The van der Waals surface area contributed by atoms with Crippen molar-refractivity contribution in [3.8, 4) is 0 Å². The maximum Gasteiger partial charge on any atom is 0.274 e. The maximum atomic E-state index is 12.9. The van der Waals surface area contributed by atoms with E-state index in [0.29, 0.717) is 18.8 Å². The second kappa shape index (κ2) is 6.53. The number of aliphatic hydroxyl groups excluding tert-OH is 1. The fraction of sp³-hybridized carbons (Fsp3) is 0.556. The van der Waals surface area contributed by atoms with E-state index in [9.17, 15) is 9.90 Å². The van der Waals surface area contributed by atoms with Gasteiger partial charge in [0.15, 0.2) is 5.69 Å². The van der Waals surface area contributed by atoms with E-state index < -0.39 is 0 Å². The van der Waals surface area contributed by atoms with Crippen LogP contribution < -0.4 is 0 Å². The Morgan fingerprint density at radius 3 is 2.83 bits per heavy atom. The molecule has 6 heteroatoms. The molecule has 4 heterocycles. The monoisotopic (exact) mass is 328 g/mol. The number of nitrogens with zero attached hydrogens (tertiary/aromatic N) is 4. The third-order valence-corrected chi connectivity index (χ3v) is 5.08. The van der Waals surface area contributed by atoms with Gasteiger partial charge in [0.05, 0.1) is 11.8 Å². The summed E-state index contributed by atoms with van der Waals surface area (Å²) in [7, 11) is 0. The van der Waals surface area contributed by atoms with Crippen molar-refractivity contribution in [2.45, 2.75) is 38.3 Å². The molecule has 0 unspecified atom stereocenters. The van der Waals surface area contributed by atoms with Crippen molar-refractivity contribution < 1.29 is 9.90 Å². The summed E-state index contributed by atoms with van der Waals surface area (Å²) in [5.74, 6) is 0.0451. The number of fused-ring (bicyclic) bond motifs is 1. The van der Waals surface area contributed by atoms with E-state index in [2.05, 4.69) is 9.88 Å². The molecule has 2 aliphatic heterocycles. The van der Waals surface area contributed by atoms with Crippen molar-refractivity contribution >= 4 is 11.6 Å². The van der Waals surface area contributed by atoms with Gasteiger partial charge in [-0.15, -0.1) is 0 Å². The third kappa shape index (κ3) is 2.91. The minimum absolute atomic E-state index is 0.0451. The number of amides is 1. The van der Waals surface area contributed by atoms with Gasteiger partial charge in [-0.3, -0.25) is 9.69 Å². The number of carbonyl (C=O) groups is 1. The van der Waals surface area contributed by atoms with Crippen molar-refractivity contribution in [1.29, 1.82) is 0 Å². The molecule has 2 aliphatic rings. The zero-order chi connectivity index (χ0) is 16.5. The van der Waals surface area contributed by atoms with E-state index in [0.717, 1.165) is 56.7 Å². The summed E-state index contributed by atoms with van der Waals surface area (Å²) >= 11 is 0. The Bertz CT molecular complexity index is 736. The molecule has 24 heavy (non-hydrogen) atoms. The van der Waals surface area contributed by atoms with E-state index in [4.69, 9.17) is 0 Å². The van der Waals surface area contributed by atoms with Crippen LogP contribution in [0.15, 0.2) is 24.4 Å². The van der Waals surface area contributed by atoms with Crippen LogP contribution in [-0.4, -0.2) is 62.5 Å². The molecule has 1 amide bonds. The quantitative estimate of drug-likeness (QED) is 0.928. The lowest BCUT2D eigenvalue weighted by Crippen LogP contribution is -2.38. The van der Waals surface area contributed by atoms with E-state index in [1.165, 1.54) is 0 Å². The van der Waals surface area contributed by atoms with Gasteiger partial charge in [-0.05, 0) is 44.4 Å². The fourth-order valence-electron chi connectivity index (χ4n) is 3.83. The van der Waals surface area contributed by atoms with Crippen LogP contribution in [0.1, 0.15) is 41.9 Å². The number of β-amino-alcohol motifs (C(OH)–C–C–N with tert-alkyl or cyclic N) is 1. The lowest BCUT2D eigenvalue weighted by atomic mass is 10.1. The highest BCUT2D eigenvalue weighted by molar-refractivity contribution is 5.94. The molecule has 1 N–H and O–H groups in total. The Kier molecular flexibility index (Phi) is 4.24. The largest absolute Gasteiger partial charge is 0.392 e. The Labute approximate surface area is 141 Å². The van der Waals surface area contributed by atoms with Gasteiger partial charge in [0.2, 0.25) is 0 Å². The van der Waals surface area contributed by atoms with Gasteiger partial charge in [-0.25, -0.2) is 4.98 Å². The number of hydrogen-bond donors (Lipinski definition) is 1. The average molecular weight is 328 g/mol. The molecule has 128 valence electrons. The van der Waals surface area contributed by atoms with Gasteiger partial charge in [-0.1, -0.05) is 6.07 Å². The SMILES string of the molecule is O=C(c1nc2ccccn2c1CN1CCC[C@@H](O)C1)N1CCCC1. The van der Waals surface area contributed by atoms with Gasteiger partial charge >= 0.3 is 0 Å². The lowest BCUT2D eigenvalue weighted by Gasteiger charge is -2.30. The van der Waals surface area contributed by atoms with Crippen molar-refractivity contribution in [3.05, 3.63) is 35.8 Å². The van der Waals surface area contributed by atoms with Crippen LogP contribution >= 0.6 is 0 Å². The van der Waals surface area contributed by atoms with Crippen molar-refractivity contribution in [2.24, 2.45) is 0 Å². The maximum absolute atomic E-state index is 12.9. The summed E-state index contributed by atoms with van der Waals surface area (Å²) in [6.45, 7) is 3.92. The summed E-state index contributed by atoms with van der Waals surface area (Å²) in [4.78, 5) is 21.7. The van der Waals surface area contributed by atoms with Crippen LogP contribution in [0.4, 0.5) is 0 Å². The molecule has 0 aromatic carbocycles. The number of carbonyl (C=O) groups excluding carboxylic acids is 1. The predicted octanol–water partition coefficient (Wildman–Crippen LogP) is 1.53. The van der Waals surface area contributed by atoms with Gasteiger partial charge in [-0.2, -0.15) is 0 Å². The molecule has 2 aromatic heterocycles. The second-order valence-electron chi connectivity index (χ2n) is 6.87. The first-order chi connectivity index (χ1) is 11.7. The van der Waals surface area contributed by atoms with Gasteiger partial charge in [0.25, 0.3) is 5.91 Å². The zero-order valence-electron chi connectivity index (χ0n) is 13.9. The van der Waals surface area contributed by atoms with Gasteiger partial charge < -0.3 is 14.4 Å². The molecule has 0 radical (unpaired) electrons. The molecular formula is C18H24N4O2. The van der Waals surface area contributed by atoms with E-state index in [1.807, 2.05) is 33.7 Å². The number of aliphatic hydroxyl groups is 1. The van der Waals surface area contributed by atoms with Crippen LogP contribution in [0.5, 0.6) is 0 Å². The highest BCUT2D eigenvalue weighted by Gasteiger charge is 2.27. The first kappa shape index (κ1) is 15.6. The fourth-order valence-corrected chi connectivity index (χ4v) is 3.83. The molecule has 0 bridgehead atoms. The minimum Gasteiger partial charge on any atom is -0.392 e. The number of piperidine rings is 1. The first-order valence-electron chi connectivity index (χ1n) is 8.88. The molecule has 6 nitrogen and oxygen atoms in total. The van der Waals surface area contributed by atoms with Gasteiger partial charge in [0, 0.05) is 32.4 Å². The van der Waals surface area contributed by atoms with E-state index >= 15 is 0 Å². The van der Waals surface area contributed by atoms with Crippen LogP contribution in [0.2, 0.25) is 0 Å². The summed E-state index contributed by atoms with van der Waals surface area (Å²) in [5.41, 5.74) is 2.33. The summed E-state index contributed by atoms with van der Waals surface area (Å²) < 4.78 is 2.02. The Morgan fingerprint density at radius 1 is 1.21 bits per heavy atom. The average Bonchev–Trinajstić information content (AvgIpc) is 3.23. The zero-order valence-corrected chi connectivity index (χ0v) is 13.9. The van der Waals surface area contributed by atoms with Crippen LogP contribution in [0.25, 0.3) is 5.65 Å². The number of imidazole rings is 1. The lowest BCUT2D eigenvalue weighted by molar-refractivity contribution is 0.0653. The standard InChI is InChI=1S/C18H24N4O2/c23-14-6-5-8-20(12-14)13-15-17(18(24)21-9-3-4-10-21)19-16-7-1-2-11-22(15)16/h1-2,7,11,14,23H,3-6,8-10,12-13H2/t14-/m1/s1. The normalized spacial score (nSPS) is 22.4. The molecular weight excluding hydrogens is 304 g/mol. The first-order valence-corrected chi connectivity index (χ1v) is 8.88. The third-order valence-electron chi connectivity index (χ3n) is 5.08. The number of aromatic nitrogens is 2. The molecule has 0 saturated carbocycles. The number of pyridine rings is 1. The number of likely N-dealkylation sites (tertiary alicyclic amines) is 2. The van der Waals surface area contributed by atoms with E-state index in [1.54, 1.807) is 0 Å². The molecule has 0 aliphatic carbocycles. The second-order valence-corrected chi connectivity index (χ2v) is 6.87. The summed E-state index contributed by atoms with van der Waals surface area (Å²) in [5, 5.41) is 9.93. The van der Waals surface area contributed by atoms with Crippen LogP contribution in [0, 0.1) is 0 Å². The summed E-state index contributed by atoms with van der Waals surface area (Å²) in [6, 6.07) is 5.85. The summed E-state index contributed by atoms with van der Waals surface area (Å²) in [6.07, 6.45) is 5.71. The van der Waals surface area contributed by atoms with Crippen LogP contribution in [-0.2, 0) is 6.54 Å². The molecule has 2 aromatic rings. The number of rotatable bonds is 3. The molecule has 0 spiro atoms. The minimum atomic E-state index is -0.268. The Morgan fingerprint density at radius 2 is 2.04 bits per heavy atom. The molecule has 4 rings (SSSR count). The predicted molar refractivity (Wildman–Crippen MR) is 90.8 cm³/mol. The highest BCUT2D eigenvalue weighted by atomic mass is 16.3. The molecule has 1 atom stereocenters. The van der Waals surface area contributed by atoms with Crippen molar-refractivity contribution in [1.82, 2.24) is 19.2 Å².